The van der Waals surface area contributed by atoms with Crippen LogP contribution in [-0.4, -0.2) is 32.9 Å². The van der Waals surface area contributed by atoms with E-state index in [1.807, 2.05) is 24.3 Å². The van der Waals surface area contributed by atoms with Crippen molar-refractivity contribution in [2.75, 3.05) is 25.5 Å². The monoisotopic (exact) mass is 410 g/mol. The van der Waals surface area contributed by atoms with Gasteiger partial charge < -0.3 is 10.1 Å². The lowest BCUT2D eigenvalue weighted by Crippen LogP contribution is -2.30. The fraction of sp³-hybridized carbons (Fsp3) is 0.391. The quantitative estimate of drug-likeness (QED) is 0.764. The van der Waals surface area contributed by atoms with Crippen molar-refractivity contribution in [2.45, 2.75) is 36.1 Å². The van der Waals surface area contributed by atoms with Crippen molar-refractivity contribution in [3.05, 3.63) is 65.7 Å². The van der Waals surface area contributed by atoms with Crippen molar-refractivity contribution in [1.82, 2.24) is 4.31 Å². The first-order valence-corrected chi connectivity index (χ1v) is 11.7. The fourth-order valence-corrected chi connectivity index (χ4v) is 6.53. The van der Waals surface area contributed by atoms with Crippen LogP contribution < -0.4 is 10.1 Å². The zero-order chi connectivity index (χ0) is 20.0. The van der Waals surface area contributed by atoms with Gasteiger partial charge in [0.05, 0.1) is 18.0 Å². The number of allylic oxidation sites excluding steroid dienone is 2. The molecule has 1 fully saturated rings. The number of hydrogen-bond donors (Lipinski definition) is 1. The van der Waals surface area contributed by atoms with Crippen LogP contribution in [0.5, 0.6) is 5.75 Å². The molecule has 2 aliphatic heterocycles. The van der Waals surface area contributed by atoms with E-state index in [9.17, 15) is 8.42 Å². The molecule has 1 saturated heterocycles. The van der Waals surface area contributed by atoms with Gasteiger partial charge in [0.1, 0.15) is 5.75 Å². The molecule has 3 atom stereocenters. The average molecular weight is 411 g/mol. The summed E-state index contributed by atoms with van der Waals surface area (Å²) in [6, 6.07) is 13.9. The molecule has 0 spiro atoms. The van der Waals surface area contributed by atoms with Crippen LogP contribution >= 0.6 is 0 Å². The highest BCUT2D eigenvalue weighted by Crippen LogP contribution is 2.50. The summed E-state index contributed by atoms with van der Waals surface area (Å²) < 4.78 is 33.1. The van der Waals surface area contributed by atoms with E-state index in [-0.39, 0.29) is 12.0 Å². The van der Waals surface area contributed by atoms with Crippen LogP contribution in [0.1, 0.15) is 42.3 Å². The van der Waals surface area contributed by atoms with E-state index < -0.39 is 10.0 Å². The van der Waals surface area contributed by atoms with Gasteiger partial charge >= 0.3 is 0 Å². The van der Waals surface area contributed by atoms with Crippen LogP contribution in [0.4, 0.5) is 5.69 Å². The number of nitrogens with zero attached hydrogens (tertiary/aromatic N) is 1. The third-order valence-electron chi connectivity index (χ3n) is 6.49. The average Bonchev–Trinajstić information content (AvgIpc) is 3.45. The number of ether oxygens (including phenoxy) is 1. The molecule has 2 heterocycles. The second-order valence-corrected chi connectivity index (χ2v) is 10.1. The van der Waals surface area contributed by atoms with Crippen LogP contribution in [0.15, 0.2) is 59.5 Å². The minimum atomic E-state index is -3.41. The van der Waals surface area contributed by atoms with Gasteiger partial charge in [0.15, 0.2) is 0 Å². The maximum Gasteiger partial charge on any atom is 0.243 e. The van der Waals surface area contributed by atoms with Crippen molar-refractivity contribution in [3.63, 3.8) is 0 Å². The van der Waals surface area contributed by atoms with Gasteiger partial charge in [0, 0.05) is 24.7 Å². The molecule has 3 aliphatic rings. The lowest BCUT2D eigenvalue weighted by Gasteiger charge is -2.38. The molecule has 1 aliphatic carbocycles. The highest BCUT2D eigenvalue weighted by Gasteiger charge is 2.39. The Labute approximate surface area is 172 Å². The summed E-state index contributed by atoms with van der Waals surface area (Å²) in [5, 5.41) is 3.68. The van der Waals surface area contributed by atoms with Gasteiger partial charge in [-0.25, -0.2) is 8.42 Å². The molecule has 29 heavy (non-hydrogen) atoms. The molecule has 2 aromatic carbocycles. The van der Waals surface area contributed by atoms with E-state index in [1.54, 1.807) is 17.5 Å². The number of anilines is 1. The number of rotatable bonds is 4. The Morgan fingerprint density at radius 3 is 2.72 bits per heavy atom. The topological polar surface area (TPSA) is 58.6 Å². The van der Waals surface area contributed by atoms with Crippen LogP contribution in [0.3, 0.4) is 0 Å². The SMILES string of the molecule is COc1cccc(C2Nc3ccc(S(=O)(=O)N4CCCC4)cc3C3C=CCC32)c1. The Bertz CT molecular complexity index is 1060. The maximum absolute atomic E-state index is 13.0. The summed E-state index contributed by atoms with van der Waals surface area (Å²) in [5.41, 5.74) is 3.30. The summed E-state index contributed by atoms with van der Waals surface area (Å²) in [4.78, 5) is 0.416. The largest absolute Gasteiger partial charge is 0.497 e. The van der Waals surface area contributed by atoms with E-state index in [0.717, 1.165) is 36.3 Å². The fourth-order valence-electron chi connectivity index (χ4n) is 4.98. The molecule has 0 amide bonds. The van der Waals surface area contributed by atoms with Gasteiger partial charge in [-0.2, -0.15) is 4.31 Å². The molecular weight excluding hydrogens is 384 g/mol. The molecule has 3 unspecified atom stereocenters. The van der Waals surface area contributed by atoms with Gasteiger partial charge in [-0.05, 0) is 66.6 Å². The molecule has 0 radical (unpaired) electrons. The van der Waals surface area contributed by atoms with Gasteiger partial charge in [-0.3, -0.25) is 0 Å². The van der Waals surface area contributed by atoms with Crippen molar-refractivity contribution in [1.29, 1.82) is 0 Å². The first-order valence-electron chi connectivity index (χ1n) is 10.3. The third-order valence-corrected chi connectivity index (χ3v) is 8.38. The zero-order valence-electron chi connectivity index (χ0n) is 16.5. The zero-order valence-corrected chi connectivity index (χ0v) is 17.4. The Morgan fingerprint density at radius 2 is 1.93 bits per heavy atom. The third kappa shape index (κ3) is 3.15. The Balaban J connectivity index is 1.53. The number of methoxy groups -OCH3 is 1. The number of fused-ring (bicyclic) bond motifs is 3. The van der Waals surface area contributed by atoms with E-state index in [1.165, 1.54) is 5.56 Å². The summed E-state index contributed by atoms with van der Waals surface area (Å²) in [5.74, 6) is 1.43. The molecule has 1 N–H and O–H groups in total. The standard InChI is InChI=1S/C23H26N2O3S/c1-28-17-7-4-6-16(14-17)23-20-9-5-8-19(20)21-15-18(10-11-22(21)24-23)29(26,27)25-12-2-3-13-25/h4-8,10-11,14-15,19-20,23-24H,2-3,9,12-13H2,1H3. The number of hydrogen-bond acceptors (Lipinski definition) is 4. The van der Waals surface area contributed by atoms with E-state index in [0.29, 0.717) is 23.9 Å². The first kappa shape index (κ1) is 18.7. The van der Waals surface area contributed by atoms with Crippen molar-refractivity contribution >= 4 is 15.7 Å². The normalized spacial score (nSPS) is 26.0. The van der Waals surface area contributed by atoms with E-state index in [4.69, 9.17) is 4.74 Å². The van der Waals surface area contributed by atoms with Crippen molar-refractivity contribution < 1.29 is 13.2 Å². The maximum atomic E-state index is 13.0. The molecule has 2 aromatic rings. The molecule has 5 nitrogen and oxygen atoms in total. The second kappa shape index (κ2) is 7.18. The summed E-state index contributed by atoms with van der Waals surface area (Å²) >= 11 is 0. The van der Waals surface area contributed by atoms with E-state index in [2.05, 4.69) is 29.6 Å². The van der Waals surface area contributed by atoms with Crippen molar-refractivity contribution in [3.8, 4) is 5.75 Å². The minimum Gasteiger partial charge on any atom is -0.497 e. The van der Waals surface area contributed by atoms with Gasteiger partial charge in [-0.15, -0.1) is 0 Å². The van der Waals surface area contributed by atoms with Crippen LogP contribution in [-0.2, 0) is 10.0 Å². The van der Waals surface area contributed by atoms with E-state index >= 15 is 0 Å². The minimum absolute atomic E-state index is 0.165. The van der Waals surface area contributed by atoms with Gasteiger partial charge in [0.2, 0.25) is 10.0 Å². The lowest BCUT2D eigenvalue weighted by atomic mass is 9.77. The summed E-state index contributed by atoms with van der Waals surface area (Å²) in [7, 11) is -1.73. The van der Waals surface area contributed by atoms with Crippen LogP contribution in [0.25, 0.3) is 0 Å². The molecule has 0 saturated carbocycles. The second-order valence-electron chi connectivity index (χ2n) is 8.11. The number of sulfonamides is 1. The molecule has 152 valence electrons. The number of nitrogens with one attached hydrogen (secondary N) is 1. The molecule has 0 bridgehead atoms. The smallest absolute Gasteiger partial charge is 0.243 e. The number of benzene rings is 2. The molecular formula is C23H26N2O3S. The summed E-state index contributed by atoms with van der Waals surface area (Å²) in [6.07, 6.45) is 7.33. The predicted molar refractivity (Wildman–Crippen MR) is 114 cm³/mol. The van der Waals surface area contributed by atoms with Gasteiger partial charge in [-0.1, -0.05) is 24.3 Å². The first-order chi connectivity index (χ1) is 14.1. The lowest BCUT2D eigenvalue weighted by molar-refractivity contribution is 0.406. The Hall–Kier alpha value is -2.31. The summed E-state index contributed by atoms with van der Waals surface area (Å²) in [6.45, 7) is 1.25. The van der Waals surface area contributed by atoms with Crippen LogP contribution in [0.2, 0.25) is 0 Å². The Morgan fingerprint density at radius 1 is 1.10 bits per heavy atom. The van der Waals surface area contributed by atoms with Gasteiger partial charge in [0.25, 0.3) is 0 Å². The van der Waals surface area contributed by atoms with Crippen molar-refractivity contribution in [2.24, 2.45) is 5.92 Å². The van der Waals surface area contributed by atoms with Crippen LogP contribution in [0, 0.1) is 5.92 Å². The highest BCUT2D eigenvalue weighted by molar-refractivity contribution is 7.89. The molecule has 5 rings (SSSR count). The highest BCUT2D eigenvalue weighted by atomic mass is 32.2. The Kier molecular flexibility index (Phi) is 4.63. The predicted octanol–water partition coefficient (Wildman–Crippen LogP) is 4.31. The molecule has 6 heteroatoms. The molecule has 0 aromatic heterocycles.